The number of azide groups is 1. The fourth-order valence-corrected chi connectivity index (χ4v) is 13.3. The Balaban J connectivity index is 1.72. The van der Waals surface area contributed by atoms with E-state index in [4.69, 9.17) is 51.2 Å². The van der Waals surface area contributed by atoms with Crippen molar-refractivity contribution in [1.29, 1.82) is 0 Å². The van der Waals surface area contributed by atoms with Crippen LogP contribution in [0.15, 0.2) is 90.0 Å². The van der Waals surface area contributed by atoms with Crippen LogP contribution < -0.4 is 15.1 Å². The first kappa shape index (κ1) is 53.6. The first-order valence-electron chi connectivity index (χ1n) is 21.4. The molecule has 21 nitrogen and oxygen atoms in total. The van der Waals surface area contributed by atoms with Crippen LogP contribution in [-0.4, -0.2) is 134 Å². The van der Waals surface area contributed by atoms with Crippen molar-refractivity contribution in [2.75, 3.05) is 27.9 Å². The number of esters is 3. The Morgan fingerprint density at radius 3 is 1.91 bits per heavy atom. The zero-order valence-electron chi connectivity index (χ0n) is 38.8. The van der Waals surface area contributed by atoms with Crippen LogP contribution in [0.2, 0.25) is 5.04 Å². The second-order valence-corrected chi connectivity index (χ2v) is 22.2. The number of ketones is 1. The highest BCUT2D eigenvalue weighted by molar-refractivity contribution is 7.80. The van der Waals surface area contributed by atoms with Crippen molar-refractivity contribution in [1.82, 2.24) is 0 Å². The van der Waals surface area contributed by atoms with E-state index in [2.05, 4.69) is 10.0 Å². The molecular weight excluding hydrogens is 931 g/mol. The maximum absolute atomic E-state index is 13.7. The number of rotatable bonds is 21. The molecular formula is C45H57N3O18SSi. The summed E-state index contributed by atoms with van der Waals surface area (Å²) in [5.41, 5.74) is 10.7. The number of ether oxygens (including phenoxy) is 9. The molecule has 2 heterocycles. The van der Waals surface area contributed by atoms with E-state index >= 15 is 0 Å². The van der Waals surface area contributed by atoms with E-state index in [1.807, 2.05) is 81.4 Å². The summed E-state index contributed by atoms with van der Waals surface area (Å²) >= 11 is 0. The van der Waals surface area contributed by atoms with Gasteiger partial charge in [0.15, 0.2) is 30.9 Å². The van der Waals surface area contributed by atoms with Crippen LogP contribution in [0.25, 0.3) is 10.4 Å². The molecule has 0 aliphatic carbocycles. The quantitative estimate of drug-likeness (QED) is 0.0301. The van der Waals surface area contributed by atoms with Gasteiger partial charge in [0.2, 0.25) is 0 Å². The second-order valence-electron chi connectivity index (χ2n) is 16.8. The Morgan fingerprint density at radius 2 is 1.41 bits per heavy atom. The molecule has 5 rings (SSSR count). The van der Waals surface area contributed by atoms with Crippen LogP contribution in [0.5, 0.6) is 5.75 Å². The average molecular weight is 988 g/mol. The average Bonchev–Trinajstić information content (AvgIpc) is 3.30. The summed E-state index contributed by atoms with van der Waals surface area (Å²) in [5, 5.41) is 5.12. The van der Waals surface area contributed by atoms with Crippen molar-refractivity contribution in [2.45, 2.75) is 120 Å². The Morgan fingerprint density at radius 1 is 0.794 bits per heavy atom. The van der Waals surface area contributed by atoms with Gasteiger partial charge in [-0.1, -0.05) is 98.7 Å². The lowest BCUT2D eigenvalue weighted by atomic mass is 9.95. The van der Waals surface area contributed by atoms with E-state index in [-0.39, 0.29) is 25.4 Å². The molecule has 1 unspecified atom stereocenters. The summed E-state index contributed by atoms with van der Waals surface area (Å²) in [6.07, 6.45) is -16.7. The van der Waals surface area contributed by atoms with Gasteiger partial charge in [-0.3, -0.25) is 14.1 Å². The van der Waals surface area contributed by atoms with Crippen molar-refractivity contribution in [3.8, 4) is 5.75 Å². The minimum atomic E-state index is -5.46. The van der Waals surface area contributed by atoms with Crippen molar-refractivity contribution in [3.05, 3.63) is 101 Å². The predicted octanol–water partition coefficient (Wildman–Crippen LogP) is 3.89. The van der Waals surface area contributed by atoms with Crippen LogP contribution in [0, 0.1) is 0 Å². The van der Waals surface area contributed by atoms with Gasteiger partial charge < -0.3 is 51.9 Å². The molecule has 3 aromatic carbocycles. The number of carbonyl (C=O) groups excluding carboxylic acids is 4. The first-order chi connectivity index (χ1) is 32.3. The van der Waals surface area contributed by atoms with Crippen molar-refractivity contribution in [3.63, 3.8) is 0 Å². The number of methoxy groups -OCH3 is 3. The van der Waals surface area contributed by atoms with Gasteiger partial charge in [-0.15, -0.1) is 0 Å². The molecule has 2 aliphatic heterocycles. The molecule has 2 fully saturated rings. The lowest BCUT2D eigenvalue weighted by Gasteiger charge is -2.49. The molecule has 3 aromatic rings. The number of hydrogen-bond acceptors (Lipinski definition) is 18. The van der Waals surface area contributed by atoms with Gasteiger partial charge in [0.05, 0.1) is 33.9 Å². The molecule has 0 bridgehead atoms. The third-order valence-corrected chi connectivity index (χ3v) is 16.7. The lowest BCUT2D eigenvalue weighted by Crippen LogP contribution is -2.69. The Bertz CT molecular complexity index is 2290. The Labute approximate surface area is 395 Å². The third kappa shape index (κ3) is 13.3. The molecule has 10 atom stereocenters. The maximum Gasteiger partial charge on any atom is 0.397 e. The smallest absolute Gasteiger partial charge is 0.397 e. The maximum atomic E-state index is 13.7. The summed E-state index contributed by atoms with van der Waals surface area (Å²) in [4.78, 5) is 54.7. The molecule has 23 heteroatoms. The molecule has 0 spiro atoms. The number of benzene rings is 3. The van der Waals surface area contributed by atoms with Crippen LogP contribution in [0.1, 0.15) is 53.0 Å². The standard InChI is InChI=1S/C45H57N3O18SSi/c1-27(49)19-24-34(51)63-37-35(47-48-46)43(64-38-39(66-67(53,54)55)41(61-28(2)50)44(58-8)65-40(38)42(52)57-7)62-33(36(37)59-25-29-20-22-30(56-6)23-21-29)26-60-68(45(3,4)5,31-15-11-9-12-16-31)32-17-13-10-14-18-32/h9-18,20-23,33,35-41,43-44H,19,24-26H2,1-8H3,(H,53,54,55)/t33-,35-,36+,37+,38+,39-,40?,41+,43-,44+/m1/s1. The molecule has 68 heavy (non-hydrogen) atoms. The first-order valence-corrected chi connectivity index (χ1v) is 24.7. The fourth-order valence-electron chi connectivity index (χ4n) is 8.20. The molecule has 0 radical (unpaired) electrons. The molecule has 370 valence electrons. The van der Waals surface area contributed by atoms with E-state index < -0.39 is 109 Å². The minimum absolute atomic E-state index is 0.142. The summed E-state index contributed by atoms with van der Waals surface area (Å²) in [6.45, 7) is 7.92. The topological polar surface area (TPSA) is 273 Å². The van der Waals surface area contributed by atoms with E-state index in [9.17, 15) is 37.7 Å². The van der Waals surface area contributed by atoms with E-state index in [1.54, 1.807) is 24.3 Å². The van der Waals surface area contributed by atoms with Crippen molar-refractivity contribution in [2.24, 2.45) is 5.11 Å². The van der Waals surface area contributed by atoms with E-state index in [0.717, 1.165) is 31.5 Å². The van der Waals surface area contributed by atoms with E-state index in [1.165, 1.54) is 14.0 Å². The molecule has 0 saturated carbocycles. The summed E-state index contributed by atoms with van der Waals surface area (Å²) in [6, 6.07) is 24.3. The van der Waals surface area contributed by atoms with Gasteiger partial charge in [-0.2, -0.15) is 8.42 Å². The summed E-state index contributed by atoms with van der Waals surface area (Å²) in [7, 11) is -5.29. The van der Waals surface area contributed by atoms with Crippen molar-refractivity contribution >= 4 is 52.8 Å². The number of hydrogen-bond donors (Lipinski definition) is 1. The normalized spacial score (nSPS) is 25.3. The molecule has 2 saturated heterocycles. The number of nitrogens with zero attached hydrogens (tertiary/aromatic N) is 3. The van der Waals surface area contributed by atoms with Gasteiger partial charge in [0.1, 0.15) is 42.0 Å². The number of carbonyl (C=O) groups is 4. The molecule has 2 aliphatic rings. The van der Waals surface area contributed by atoms with Crippen LogP contribution in [-0.2, 0) is 82.7 Å². The Hall–Kier alpha value is -5.30. The van der Waals surface area contributed by atoms with Gasteiger partial charge in [-0.05, 0) is 45.6 Å². The minimum Gasteiger partial charge on any atom is -0.497 e. The van der Waals surface area contributed by atoms with E-state index in [0.29, 0.717) is 11.3 Å². The fraction of sp³-hybridized carbons (Fsp3) is 0.511. The highest BCUT2D eigenvalue weighted by atomic mass is 32.3. The molecule has 0 amide bonds. The zero-order chi connectivity index (χ0) is 49.8. The second kappa shape index (κ2) is 23.8. The van der Waals surface area contributed by atoms with Gasteiger partial charge in [0.25, 0.3) is 8.32 Å². The Kier molecular flexibility index (Phi) is 18.8. The van der Waals surface area contributed by atoms with Gasteiger partial charge >= 0.3 is 28.3 Å². The molecule has 1 N–H and O–H groups in total. The van der Waals surface area contributed by atoms with Crippen LogP contribution in [0.4, 0.5) is 0 Å². The predicted molar refractivity (Wildman–Crippen MR) is 241 cm³/mol. The third-order valence-electron chi connectivity index (χ3n) is 11.2. The largest absolute Gasteiger partial charge is 0.497 e. The lowest BCUT2D eigenvalue weighted by molar-refractivity contribution is -0.337. The van der Waals surface area contributed by atoms with Crippen LogP contribution in [0.3, 0.4) is 0 Å². The van der Waals surface area contributed by atoms with Crippen LogP contribution >= 0.6 is 0 Å². The SMILES string of the molecule is COC(=O)C1O[C@H](OC)[C@@H](OC(C)=O)[C@H](OS(=O)(=O)O)[C@@H]1O[C@H]1O[C@H](CO[Si](c2ccccc2)(c2ccccc2)C(C)(C)C)[C@H](OCc2ccc(OC)cc2)[C@@H](OC(=O)CCC(C)=O)[C@H]1N=[N+]=[N-]. The summed E-state index contributed by atoms with van der Waals surface area (Å²) in [5.74, 6) is -2.84. The monoisotopic (exact) mass is 987 g/mol. The zero-order valence-corrected chi connectivity index (χ0v) is 40.6. The van der Waals surface area contributed by atoms with Gasteiger partial charge in [-0.25, -0.2) is 8.98 Å². The highest BCUT2D eigenvalue weighted by Gasteiger charge is 2.59. The number of Topliss-reactive ketones (excluding diaryl/α,β-unsaturated/α-hetero) is 1. The highest BCUT2D eigenvalue weighted by Crippen LogP contribution is 2.40. The van der Waals surface area contributed by atoms with Gasteiger partial charge in [0, 0.05) is 25.4 Å². The molecule has 0 aromatic heterocycles. The van der Waals surface area contributed by atoms with Crippen molar-refractivity contribution < 1.29 is 83.4 Å². The summed E-state index contributed by atoms with van der Waals surface area (Å²) < 4.78 is 100.